The Morgan fingerprint density at radius 1 is 1.33 bits per heavy atom. The van der Waals surface area contributed by atoms with E-state index in [-0.39, 0.29) is 5.54 Å². The molecule has 12 heavy (non-hydrogen) atoms. The maximum Gasteiger partial charge on any atom is 0.00966 e. The highest BCUT2D eigenvalue weighted by molar-refractivity contribution is 4.79. The number of rotatable bonds is 3. The van der Waals surface area contributed by atoms with E-state index in [2.05, 4.69) is 33.0 Å². The molecule has 1 aliphatic carbocycles. The van der Waals surface area contributed by atoms with Crippen molar-refractivity contribution >= 4 is 0 Å². The van der Waals surface area contributed by atoms with Gasteiger partial charge in [0.2, 0.25) is 0 Å². The number of hydrogen-bond donors (Lipinski definition) is 1. The van der Waals surface area contributed by atoms with Crippen molar-refractivity contribution in [1.82, 2.24) is 5.32 Å². The van der Waals surface area contributed by atoms with E-state index in [0.29, 0.717) is 0 Å². The molecule has 0 aliphatic heterocycles. The lowest BCUT2D eigenvalue weighted by atomic mass is 9.76. The SMILES string of the molecule is CC(CNC(C)(C)C)C1CCC1. The summed E-state index contributed by atoms with van der Waals surface area (Å²) in [4.78, 5) is 0. The van der Waals surface area contributed by atoms with Gasteiger partial charge in [-0.05, 0) is 39.2 Å². The molecule has 1 rings (SSSR count). The first-order valence-corrected chi connectivity index (χ1v) is 5.24. The minimum Gasteiger partial charge on any atom is -0.312 e. The van der Waals surface area contributed by atoms with Crippen molar-refractivity contribution in [3.8, 4) is 0 Å². The summed E-state index contributed by atoms with van der Waals surface area (Å²) in [6, 6.07) is 0. The fraction of sp³-hybridized carbons (Fsp3) is 1.00. The topological polar surface area (TPSA) is 12.0 Å². The van der Waals surface area contributed by atoms with Crippen molar-refractivity contribution < 1.29 is 0 Å². The summed E-state index contributed by atoms with van der Waals surface area (Å²) in [5.74, 6) is 1.89. The molecule has 1 atom stereocenters. The summed E-state index contributed by atoms with van der Waals surface area (Å²) in [5.41, 5.74) is 0.290. The average Bonchev–Trinajstić information content (AvgIpc) is 1.78. The Bertz CT molecular complexity index is 130. The highest BCUT2D eigenvalue weighted by atomic mass is 14.9. The predicted molar refractivity (Wildman–Crippen MR) is 54.3 cm³/mol. The number of hydrogen-bond acceptors (Lipinski definition) is 1. The maximum absolute atomic E-state index is 3.57. The minimum atomic E-state index is 0.290. The molecule has 0 radical (unpaired) electrons. The van der Waals surface area contributed by atoms with Gasteiger partial charge in [-0.15, -0.1) is 0 Å². The Morgan fingerprint density at radius 3 is 2.25 bits per heavy atom. The Labute approximate surface area is 76.9 Å². The van der Waals surface area contributed by atoms with Gasteiger partial charge in [-0.25, -0.2) is 0 Å². The van der Waals surface area contributed by atoms with E-state index in [1.807, 2.05) is 0 Å². The van der Waals surface area contributed by atoms with Crippen LogP contribution >= 0.6 is 0 Å². The largest absolute Gasteiger partial charge is 0.312 e. The van der Waals surface area contributed by atoms with Gasteiger partial charge in [-0.1, -0.05) is 26.2 Å². The van der Waals surface area contributed by atoms with Crippen LogP contribution in [-0.4, -0.2) is 12.1 Å². The van der Waals surface area contributed by atoms with Crippen LogP contribution in [0.3, 0.4) is 0 Å². The van der Waals surface area contributed by atoms with Crippen molar-refractivity contribution in [1.29, 1.82) is 0 Å². The van der Waals surface area contributed by atoms with Gasteiger partial charge in [0, 0.05) is 5.54 Å². The van der Waals surface area contributed by atoms with Gasteiger partial charge in [0.05, 0.1) is 0 Å². The van der Waals surface area contributed by atoms with Crippen molar-refractivity contribution in [3.63, 3.8) is 0 Å². The Hall–Kier alpha value is -0.0400. The first kappa shape index (κ1) is 10.0. The van der Waals surface area contributed by atoms with E-state index >= 15 is 0 Å². The van der Waals surface area contributed by atoms with Crippen LogP contribution in [0.5, 0.6) is 0 Å². The van der Waals surface area contributed by atoms with Gasteiger partial charge in [-0.2, -0.15) is 0 Å². The normalized spacial score (nSPS) is 22.0. The van der Waals surface area contributed by atoms with Crippen LogP contribution < -0.4 is 5.32 Å². The van der Waals surface area contributed by atoms with Gasteiger partial charge >= 0.3 is 0 Å². The molecule has 0 aromatic heterocycles. The van der Waals surface area contributed by atoms with E-state index in [1.54, 1.807) is 0 Å². The van der Waals surface area contributed by atoms with Crippen molar-refractivity contribution in [3.05, 3.63) is 0 Å². The number of nitrogens with one attached hydrogen (secondary N) is 1. The van der Waals surface area contributed by atoms with Gasteiger partial charge in [0.15, 0.2) is 0 Å². The van der Waals surface area contributed by atoms with Crippen LogP contribution in [0.15, 0.2) is 0 Å². The third-order valence-corrected chi connectivity index (χ3v) is 2.91. The summed E-state index contributed by atoms with van der Waals surface area (Å²) < 4.78 is 0. The summed E-state index contributed by atoms with van der Waals surface area (Å²) >= 11 is 0. The highest BCUT2D eigenvalue weighted by Gasteiger charge is 2.24. The van der Waals surface area contributed by atoms with Crippen LogP contribution in [-0.2, 0) is 0 Å². The van der Waals surface area contributed by atoms with E-state index < -0.39 is 0 Å². The smallest absolute Gasteiger partial charge is 0.00966 e. The third kappa shape index (κ3) is 3.14. The zero-order chi connectivity index (χ0) is 9.19. The lowest BCUT2D eigenvalue weighted by Gasteiger charge is -2.33. The molecule has 0 amide bonds. The van der Waals surface area contributed by atoms with Crippen molar-refractivity contribution in [2.45, 2.75) is 52.5 Å². The molecule has 1 unspecified atom stereocenters. The van der Waals surface area contributed by atoms with E-state index in [0.717, 1.165) is 11.8 Å². The van der Waals surface area contributed by atoms with Crippen LogP contribution in [0.4, 0.5) is 0 Å². The lowest BCUT2D eigenvalue weighted by Crippen LogP contribution is -2.40. The molecule has 1 nitrogen and oxygen atoms in total. The second-order valence-electron chi connectivity index (χ2n) is 5.30. The van der Waals surface area contributed by atoms with Crippen LogP contribution in [0.25, 0.3) is 0 Å². The summed E-state index contributed by atoms with van der Waals surface area (Å²) in [6.45, 7) is 10.3. The maximum atomic E-state index is 3.57. The molecular formula is C11H23N. The summed E-state index contributed by atoms with van der Waals surface area (Å²) in [7, 11) is 0. The van der Waals surface area contributed by atoms with Crippen LogP contribution in [0, 0.1) is 11.8 Å². The molecule has 1 fully saturated rings. The van der Waals surface area contributed by atoms with Gasteiger partial charge in [0.25, 0.3) is 0 Å². The predicted octanol–water partition coefficient (Wildman–Crippen LogP) is 2.81. The fourth-order valence-corrected chi connectivity index (χ4v) is 1.64. The molecule has 0 spiro atoms. The summed E-state index contributed by atoms with van der Waals surface area (Å²) in [5, 5.41) is 3.57. The molecule has 1 saturated carbocycles. The van der Waals surface area contributed by atoms with Crippen molar-refractivity contribution in [2.24, 2.45) is 11.8 Å². The standard InChI is InChI=1S/C11H23N/c1-9(10-6-5-7-10)8-12-11(2,3)4/h9-10,12H,5-8H2,1-4H3. The molecule has 0 aromatic rings. The first-order valence-electron chi connectivity index (χ1n) is 5.24. The van der Waals surface area contributed by atoms with E-state index in [4.69, 9.17) is 0 Å². The summed E-state index contributed by atoms with van der Waals surface area (Å²) in [6.07, 6.45) is 4.39. The van der Waals surface area contributed by atoms with Gasteiger partial charge in [0.1, 0.15) is 0 Å². The molecule has 0 saturated heterocycles. The second-order valence-corrected chi connectivity index (χ2v) is 5.30. The fourth-order valence-electron chi connectivity index (χ4n) is 1.64. The highest BCUT2D eigenvalue weighted by Crippen LogP contribution is 2.32. The lowest BCUT2D eigenvalue weighted by molar-refractivity contribution is 0.204. The van der Waals surface area contributed by atoms with Crippen LogP contribution in [0.2, 0.25) is 0 Å². The molecule has 1 aliphatic rings. The average molecular weight is 169 g/mol. The van der Waals surface area contributed by atoms with Gasteiger partial charge < -0.3 is 5.32 Å². The molecule has 72 valence electrons. The molecular weight excluding hydrogens is 146 g/mol. The first-order chi connectivity index (χ1) is 5.49. The second kappa shape index (κ2) is 3.78. The molecule has 0 aromatic carbocycles. The van der Waals surface area contributed by atoms with Crippen LogP contribution in [0.1, 0.15) is 47.0 Å². The van der Waals surface area contributed by atoms with Gasteiger partial charge in [-0.3, -0.25) is 0 Å². The Morgan fingerprint density at radius 2 is 1.92 bits per heavy atom. The minimum absolute atomic E-state index is 0.290. The zero-order valence-corrected chi connectivity index (χ0v) is 8.98. The molecule has 0 heterocycles. The zero-order valence-electron chi connectivity index (χ0n) is 8.98. The Kier molecular flexibility index (Phi) is 3.16. The molecule has 1 heteroatoms. The van der Waals surface area contributed by atoms with E-state index in [1.165, 1.54) is 25.8 Å². The molecule has 1 N–H and O–H groups in total. The third-order valence-electron chi connectivity index (χ3n) is 2.91. The van der Waals surface area contributed by atoms with E-state index in [9.17, 15) is 0 Å². The molecule has 0 bridgehead atoms. The van der Waals surface area contributed by atoms with Crippen molar-refractivity contribution in [2.75, 3.05) is 6.54 Å². The Balaban J connectivity index is 2.13. The monoisotopic (exact) mass is 169 g/mol. The quantitative estimate of drug-likeness (QED) is 0.685.